The number of aromatic nitrogens is 1. The standard InChI is InChI=1S/C15H19N3O3S/c1-3-8(2)13(16)14(19)18-15-17-9-6-10-11(7-12(9)22-15)21-5-4-20-10/h6-8,13H,3-5,16H2,1-2H3,(H,17,18,19). The molecule has 118 valence electrons. The van der Waals surface area contributed by atoms with Gasteiger partial charge in [0.2, 0.25) is 5.91 Å². The fourth-order valence-electron chi connectivity index (χ4n) is 2.22. The van der Waals surface area contributed by atoms with Crippen LogP contribution >= 0.6 is 11.3 Å². The van der Waals surface area contributed by atoms with Crippen LogP contribution in [0.15, 0.2) is 12.1 Å². The summed E-state index contributed by atoms with van der Waals surface area (Å²) in [5, 5.41) is 3.34. The molecule has 1 aromatic heterocycles. The van der Waals surface area contributed by atoms with Crippen molar-refractivity contribution < 1.29 is 14.3 Å². The number of rotatable bonds is 4. The van der Waals surface area contributed by atoms with Crippen molar-refractivity contribution in [3.05, 3.63) is 12.1 Å². The van der Waals surface area contributed by atoms with Gasteiger partial charge in [0, 0.05) is 12.1 Å². The van der Waals surface area contributed by atoms with Gasteiger partial charge in [0.1, 0.15) is 13.2 Å². The lowest BCUT2D eigenvalue weighted by Crippen LogP contribution is -2.40. The molecule has 1 amide bonds. The molecule has 3 rings (SSSR count). The van der Waals surface area contributed by atoms with Crippen LogP contribution in [0.4, 0.5) is 5.13 Å². The van der Waals surface area contributed by atoms with Crippen LogP contribution in [0.5, 0.6) is 11.5 Å². The van der Waals surface area contributed by atoms with Crippen molar-refractivity contribution in [2.45, 2.75) is 26.3 Å². The SMILES string of the molecule is CCC(C)C(N)C(=O)Nc1nc2cc3c(cc2s1)OCCO3. The number of ether oxygens (including phenoxy) is 2. The number of hydrogen-bond acceptors (Lipinski definition) is 6. The highest BCUT2D eigenvalue weighted by atomic mass is 32.1. The molecule has 2 aromatic rings. The molecule has 1 aliphatic heterocycles. The van der Waals surface area contributed by atoms with Gasteiger partial charge in [0.25, 0.3) is 0 Å². The number of thiazole rings is 1. The maximum absolute atomic E-state index is 12.1. The summed E-state index contributed by atoms with van der Waals surface area (Å²) in [7, 11) is 0. The lowest BCUT2D eigenvalue weighted by Gasteiger charge is -2.17. The predicted octanol–water partition coefficient (Wildman–Crippen LogP) is 2.38. The maximum Gasteiger partial charge on any atom is 0.243 e. The fourth-order valence-corrected chi connectivity index (χ4v) is 3.10. The average Bonchev–Trinajstić information content (AvgIpc) is 2.91. The van der Waals surface area contributed by atoms with Crippen molar-refractivity contribution in [1.82, 2.24) is 4.98 Å². The third kappa shape index (κ3) is 2.86. The average molecular weight is 321 g/mol. The number of nitrogens with zero attached hydrogens (tertiary/aromatic N) is 1. The van der Waals surface area contributed by atoms with E-state index in [2.05, 4.69) is 10.3 Å². The number of nitrogens with two attached hydrogens (primary N) is 1. The zero-order valence-corrected chi connectivity index (χ0v) is 13.4. The predicted molar refractivity (Wildman–Crippen MR) is 86.7 cm³/mol. The number of nitrogens with one attached hydrogen (secondary N) is 1. The number of anilines is 1. The quantitative estimate of drug-likeness (QED) is 0.903. The van der Waals surface area contributed by atoms with Crippen LogP contribution in [0.3, 0.4) is 0 Å². The van der Waals surface area contributed by atoms with Crippen molar-refractivity contribution in [2.24, 2.45) is 11.7 Å². The molecule has 6 nitrogen and oxygen atoms in total. The van der Waals surface area contributed by atoms with Gasteiger partial charge in [-0.25, -0.2) is 4.98 Å². The van der Waals surface area contributed by atoms with Crippen molar-refractivity contribution in [3.8, 4) is 11.5 Å². The zero-order chi connectivity index (χ0) is 15.7. The Bertz CT molecular complexity index is 658. The second-order valence-corrected chi connectivity index (χ2v) is 6.41. The highest BCUT2D eigenvalue weighted by molar-refractivity contribution is 7.22. The summed E-state index contributed by atoms with van der Waals surface area (Å²) in [5.41, 5.74) is 6.72. The lowest BCUT2D eigenvalue weighted by atomic mass is 10.00. The summed E-state index contributed by atoms with van der Waals surface area (Å²) in [5.74, 6) is 1.34. The molecule has 0 bridgehead atoms. The topological polar surface area (TPSA) is 86.5 Å². The number of amides is 1. The highest BCUT2D eigenvalue weighted by Crippen LogP contribution is 2.37. The Hall–Kier alpha value is -1.86. The van der Waals surface area contributed by atoms with Gasteiger partial charge in [-0.05, 0) is 5.92 Å². The first-order valence-corrected chi connectivity index (χ1v) is 8.16. The van der Waals surface area contributed by atoms with E-state index in [0.29, 0.717) is 24.1 Å². The van der Waals surface area contributed by atoms with Crippen molar-refractivity contribution in [3.63, 3.8) is 0 Å². The molecule has 0 fully saturated rings. The lowest BCUT2D eigenvalue weighted by molar-refractivity contribution is -0.118. The second-order valence-electron chi connectivity index (χ2n) is 5.38. The van der Waals surface area contributed by atoms with E-state index in [1.807, 2.05) is 26.0 Å². The van der Waals surface area contributed by atoms with E-state index in [9.17, 15) is 4.79 Å². The maximum atomic E-state index is 12.1. The Labute approximate surface area is 132 Å². The van der Waals surface area contributed by atoms with E-state index in [0.717, 1.165) is 22.4 Å². The molecule has 0 saturated heterocycles. The third-order valence-electron chi connectivity index (χ3n) is 3.84. The van der Waals surface area contributed by atoms with Gasteiger partial charge >= 0.3 is 0 Å². The first-order valence-electron chi connectivity index (χ1n) is 7.35. The van der Waals surface area contributed by atoms with Crippen molar-refractivity contribution in [1.29, 1.82) is 0 Å². The minimum atomic E-state index is -0.531. The van der Waals surface area contributed by atoms with Crippen LogP contribution < -0.4 is 20.5 Å². The first kappa shape index (κ1) is 15.1. The summed E-state index contributed by atoms with van der Waals surface area (Å²) in [4.78, 5) is 16.6. The van der Waals surface area contributed by atoms with E-state index in [1.165, 1.54) is 11.3 Å². The molecule has 1 aromatic carbocycles. The van der Waals surface area contributed by atoms with Crippen LogP contribution in [0, 0.1) is 5.92 Å². The van der Waals surface area contributed by atoms with Gasteiger partial charge in [-0.2, -0.15) is 0 Å². The Balaban J connectivity index is 1.81. The number of fused-ring (bicyclic) bond motifs is 2. The normalized spacial score (nSPS) is 16.3. The molecule has 0 spiro atoms. The van der Waals surface area contributed by atoms with Gasteiger partial charge in [0.05, 0.1) is 16.3 Å². The van der Waals surface area contributed by atoms with Crippen LogP contribution in [-0.4, -0.2) is 30.1 Å². The summed E-state index contributed by atoms with van der Waals surface area (Å²) in [6.07, 6.45) is 0.857. The molecule has 22 heavy (non-hydrogen) atoms. The van der Waals surface area contributed by atoms with Gasteiger partial charge in [-0.15, -0.1) is 0 Å². The van der Waals surface area contributed by atoms with Crippen molar-refractivity contribution in [2.75, 3.05) is 18.5 Å². The van der Waals surface area contributed by atoms with Crippen LogP contribution in [-0.2, 0) is 4.79 Å². The highest BCUT2D eigenvalue weighted by Gasteiger charge is 2.21. The summed E-state index contributed by atoms with van der Waals surface area (Å²) in [6, 6.07) is 3.20. The Morgan fingerprint density at radius 1 is 1.41 bits per heavy atom. The first-order chi connectivity index (χ1) is 10.6. The monoisotopic (exact) mass is 321 g/mol. The summed E-state index contributed by atoms with van der Waals surface area (Å²) < 4.78 is 12.0. The van der Waals surface area contributed by atoms with Gasteiger partial charge < -0.3 is 20.5 Å². The van der Waals surface area contributed by atoms with E-state index in [-0.39, 0.29) is 11.8 Å². The van der Waals surface area contributed by atoms with E-state index in [1.54, 1.807) is 0 Å². The third-order valence-corrected chi connectivity index (χ3v) is 4.78. The molecule has 2 heterocycles. The number of carbonyl (C=O) groups is 1. The molecule has 3 N–H and O–H groups in total. The number of benzene rings is 1. The van der Waals surface area contributed by atoms with Crippen molar-refractivity contribution >= 4 is 32.6 Å². The zero-order valence-electron chi connectivity index (χ0n) is 12.6. The second kappa shape index (κ2) is 6.10. The molecule has 0 saturated carbocycles. The van der Waals surface area contributed by atoms with E-state index < -0.39 is 6.04 Å². The molecule has 2 unspecified atom stereocenters. The summed E-state index contributed by atoms with van der Waals surface area (Å²) in [6.45, 7) is 5.06. The molecule has 1 aliphatic rings. The largest absolute Gasteiger partial charge is 0.486 e. The van der Waals surface area contributed by atoms with Crippen LogP contribution in [0.25, 0.3) is 10.2 Å². The van der Waals surface area contributed by atoms with Crippen LogP contribution in [0.2, 0.25) is 0 Å². The van der Waals surface area contributed by atoms with E-state index in [4.69, 9.17) is 15.2 Å². The molecule has 0 aliphatic carbocycles. The minimum absolute atomic E-state index is 0.128. The smallest absolute Gasteiger partial charge is 0.243 e. The molecule has 0 radical (unpaired) electrons. The van der Waals surface area contributed by atoms with Gasteiger partial charge in [-0.3, -0.25) is 4.79 Å². The Morgan fingerprint density at radius 3 is 2.77 bits per heavy atom. The molecular weight excluding hydrogens is 302 g/mol. The molecular formula is C15H19N3O3S. The minimum Gasteiger partial charge on any atom is -0.486 e. The van der Waals surface area contributed by atoms with Crippen LogP contribution in [0.1, 0.15) is 20.3 Å². The summed E-state index contributed by atoms with van der Waals surface area (Å²) >= 11 is 1.40. The molecule has 7 heteroatoms. The van der Waals surface area contributed by atoms with Gasteiger partial charge in [-0.1, -0.05) is 31.6 Å². The number of carbonyl (C=O) groups excluding carboxylic acids is 1. The molecule has 2 atom stereocenters. The number of hydrogen-bond donors (Lipinski definition) is 2. The van der Waals surface area contributed by atoms with E-state index >= 15 is 0 Å². The van der Waals surface area contributed by atoms with Gasteiger partial charge in [0.15, 0.2) is 16.6 Å². The Morgan fingerprint density at radius 2 is 2.09 bits per heavy atom. The Kier molecular flexibility index (Phi) is 4.17. The fraction of sp³-hybridized carbons (Fsp3) is 0.467.